The van der Waals surface area contributed by atoms with Crippen molar-refractivity contribution in [3.8, 4) is 11.3 Å². The number of nitrogens with one attached hydrogen (secondary N) is 1. The Balaban J connectivity index is 0.00000176. The molecule has 1 aliphatic rings. The molecular formula is C17H21Cl2NO2. The summed E-state index contributed by atoms with van der Waals surface area (Å²) >= 11 is 5.89. The summed E-state index contributed by atoms with van der Waals surface area (Å²) < 4.78 is 5.87. The standard InChI is InChI=1S/C17H20ClNO2.ClH/c18-13-3-1-12(2-4-13)17-10-9-16(21-17)11-19-14-5-7-15(20)8-6-14;/h1-4,9-10,14-15,19-20H,5-8,11H2;1H. The Morgan fingerprint density at radius 3 is 2.41 bits per heavy atom. The summed E-state index contributed by atoms with van der Waals surface area (Å²) in [6.07, 6.45) is 3.75. The Bertz CT molecular complexity index is 575. The molecule has 0 unspecified atom stereocenters. The average Bonchev–Trinajstić information content (AvgIpc) is 2.96. The van der Waals surface area contributed by atoms with Crippen molar-refractivity contribution in [1.29, 1.82) is 0 Å². The van der Waals surface area contributed by atoms with Crippen molar-refractivity contribution in [3.63, 3.8) is 0 Å². The number of hydrogen-bond acceptors (Lipinski definition) is 3. The molecule has 1 saturated carbocycles. The summed E-state index contributed by atoms with van der Waals surface area (Å²) in [6.45, 7) is 0.731. The van der Waals surface area contributed by atoms with Gasteiger partial charge in [0.15, 0.2) is 0 Å². The lowest BCUT2D eigenvalue weighted by atomic mass is 9.93. The molecule has 120 valence electrons. The normalized spacial score (nSPS) is 21.4. The van der Waals surface area contributed by atoms with Crippen LogP contribution in [0.15, 0.2) is 40.8 Å². The summed E-state index contributed by atoms with van der Waals surface area (Å²) in [7, 11) is 0. The molecule has 3 nitrogen and oxygen atoms in total. The zero-order valence-corrected chi connectivity index (χ0v) is 13.9. The monoisotopic (exact) mass is 341 g/mol. The van der Waals surface area contributed by atoms with Gasteiger partial charge >= 0.3 is 0 Å². The van der Waals surface area contributed by atoms with E-state index in [0.717, 1.165) is 54.3 Å². The first-order valence-corrected chi connectivity index (χ1v) is 7.84. The van der Waals surface area contributed by atoms with Crippen molar-refractivity contribution in [2.24, 2.45) is 0 Å². The number of furan rings is 1. The van der Waals surface area contributed by atoms with Crippen LogP contribution in [0, 0.1) is 0 Å². The maximum Gasteiger partial charge on any atom is 0.134 e. The maximum absolute atomic E-state index is 9.51. The second-order valence-corrected chi connectivity index (χ2v) is 6.10. The second-order valence-electron chi connectivity index (χ2n) is 5.66. The van der Waals surface area contributed by atoms with Crippen LogP contribution in [0.2, 0.25) is 5.02 Å². The number of halogens is 2. The lowest BCUT2D eigenvalue weighted by Crippen LogP contribution is -2.34. The molecule has 0 radical (unpaired) electrons. The Kier molecular flexibility index (Phi) is 6.33. The summed E-state index contributed by atoms with van der Waals surface area (Å²) in [5, 5.41) is 13.7. The van der Waals surface area contributed by atoms with Crippen LogP contribution >= 0.6 is 24.0 Å². The minimum Gasteiger partial charge on any atom is -0.460 e. The van der Waals surface area contributed by atoms with Crippen molar-refractivity contribution in [2.45, 2.75) is 44.4 Å². The first-order valence-electron chi connectivity index (χ1n) is 7.47. The molecule has 0 aliphatic heterocycles. The molecule has 5 heteroatoms. The highest BCUT2D eigenvalue weighted by Gasteiger charge is 2.19. The van der Waals surface area contributed by atoms with Gasteiger partial charge in [0.1, 0.15) is 11.5 Å². The molecule has 1 aliphatic carbocycles. The molecule has 2 aromatic rings. The number of rotatable bonds is 4. The molecule has 0 spiro atoms. The third-order valence-electron chi connectivity index (χ3n) is 4.05. The van der Waals surface area contributed by atoms with Crippen LogP contribution < -0.4 is 5.32 Å². The van der Waals surface area contributed by atoms with E-state index in [4.69, 9.17) is 16.0 Å². The quantitative estimate of drug-likeness (QED) is 0.865. The fourth-order valence-electron chi connectivity index (χ4n) is 2.77. The van der Waals surface area contributed by atoms with Gasteiger partial charge in [0.2, 0.25) is 0 Å². The van der Waals surface area contributed by atoms with E-state index in [1.807, 2.05) is 36.4 Å². The number of aliphatic hydroxyl groups is 1. The molecule has 3 rings (SSSR count). The topological polar surface area (TPSA) is 45.4 Å². The molecule has 1 fully saturated rings. The number of benzene rings is 1. The van der Waals surface area contributed by atoms with Gasteiger partial charge in [-0.15, -0.1) is 12.4 Å². The van der Waals surface area contributed by atoms with Crippen molar-refractivity contribution < 1.29 is 9.52 Å². The van der Waals surface area contributed by atoms with Crippen LogP contribution in [0.1, 0.15) is 31.4 Å². The average molecular weight is 342 g/mol. The highest BCUT2D eigenvalue weighted by molar-refractivity contribution is 6.30. The van der Waals surface area contributed by atoms with Crippen LogP contribution in [0.3, 0.4) is 0 Å². The Labute approximate surface area is 142 Å². The largest absolute Gasteiger partial charge is 0.460 e. The van der Waals surface area contributed by atoms with Crippen LogP contribution in [0.5, 0.6) is 0 Å². The Hall–Kier alpha value is -1.00. The number of aliphatic hydroxyl groups excluding tert-OH is 1. The minimum absolute atomic E-state index is 0. The lowest BCUT2D eigenvalue weighted by Gasteiger charge is -2.25. The van der Waals surface area contributed by atoms with Crippen molar-refractivity contribution in [1.82, 2.24) is 5.32 Å². The summed E-state index contributed by atoms with van der Waals surface area (Å²) in [5.41, 5.74) is 1.03. The van der Waals surface area contributed by atoms with E-state index in [1.54, 1.807) is 0 Å². The summed E-state index contributed by atoms with van der Waals surface area (Å²) in [4.78, 5) is 0. The highest BCUT2D eigenvalue weighted by atomic mass is 35.5. The third-order valence-corrected chi connectivity index (χ3v) is 4.30. The van der Waals surface area contributed by atoms with Crippen LogP contribution in [-0.2, 0) is 6.54 Å². The molecular weight excluding hydrogens is 321 g/mol. The molecule has 0 atom stereocenters. The van der Waals surface area contributed by atoms with Gasteiger partial charge in [-0.2, -0.15) is 0 Å². The Morgan fingerprint density at radius 1 is 1.05 bits per heavy atom. The van der Waals surface area contributed by atoms with E-state index < -0.39 is 0 Å². The van der Waals surface area contributed by atoms with Gasteiger partial charge in [0.25, 0.3) is 0 Å². The fraction of sp³-hybridized carbons (Fsp3) is 0.412. The first-order chi connectivity index (χ1) is 10.2. The predicted octanol–water partition coefficient (Wildman–Crippen LogP) is 4.41. The predicted molar refractivity (Wildman–Crippen MR) is 91.5 cm³/mol. The lowest BCUT2D eigenvalue weighted by molar-refractivity contribution is 0.116. The van der Waals surface area contributed by atoms with Gasteiger partial charge in [-0.3, -0.25) is 0 Å². The zero-order chi connectivity index (χ0) is 14.7. The zero-order valence-electron chi connectivity index (χ0n) is 12.3. The van der Waals surface area contributed by atoms with Gasteiger partial charge in [0.05, 0.1) is 12.6 Å². The molecule has 22 heavy (non-hydrogen) atoms. The highest BCUT2D eigenvalue weighted by Crippen LogP contribution is 2.24. The summed E-state index contributed by atoms with van der Waals surface area (Å²) in [6, 6.07) is 12.1. The van der Waals surface area contributed by atoms with Gasteiger partial charge in [-0.25, -0.2) is 0 Å². The first kappa shape index (κ1) is 17.4. The van der Waals surface area contributed by atoms with Gasteiger partial charge in [-0.1, -0.05) is 11.6 Å². The third kappa shape index (κ3) is 4.50. The van der Waals surface area contributed by atoms with E-state index in [0.29, 0.717) is 6.04 Å². The molecule has 1 heterocycles. The van der Waals surface area contributed by atoms with Crippen molar-refractivity contribution in [2.75, 3.05) is 0 Å². The molecule has 1 aromatic carbocycles. The molecule has 2 N–H and O–H groups in total. The minimum atomic E-state index is -0.108. The van der Waals surface area contributed by atoms with E-state index in [9.17, 15) is 5.11 Å². The van der Waals surface area contributed by atoms with E-state index in [-0.39, 0.29) is 18.5 Å². The van der Waals surface area contributed by atoms with E-state index in [1.165, 1.54) is 0 Å². The SMILES string of the molecule is Cl.OC1CCC(NCc2ccc(-c3ccc(Cl)cc3)o2)CC1. The molecule has 0 amide bonds. The van der Waals surface area contributed by atoms with Gasteiger partial charge < -0.3 is 14.8 Å². The number of hydrogen-bond donors (Lipinski definition) is 2. The molecule has 0 bridgehead atoms. The smallest absolute Gasteiger partial charge is 0.134 e. The van der Waals surface area contributed by atoms with Crippen molar-refractivity contribution in [3.05, 3.63) is 47.2 Å². The van der Waals surface area contributed by atoms with E-state index in [2.05, 4.69) is 5.32 Å². The van der Waals surface area contributed by atoms with Gasteiger partial charge in [-0.05, 0) is 62.1 Å². The second kappa shape index (κ2) is 8.02. The summed E-state index contributed by atoms with van der Waals surface area (Å²) in [5.74, 6) is 1.80. The van der Waals surface area contributed by atoms with Crippen molar-refractivity contribution >= 4 is 24.0 Å². The molecule has 0 saturated heterocycles. The fourth-order valence-corrected chi connectivity index (χ4v) is 2.89. The maximum atomic E-state index is 9.51. The van der Waals surface area contributed by atoms with Gasteiger partial charge in [0, 0.05) is 16.6 Å². The van der Waals surface area contributed by atoms with Crippen LogP contribution in [0.4, 0.5) is 0 Å². The Morgan fingerprint density at radius 2 is 1.73 bits per heavy atom. The molecule has 1 aromatic heterocycles. The van der Waals surface area contributed by atoms with Crippen LogP contribution in [-0.4, -0.2) is 17.3 Å². The van der Waals surface area contributed by atoms with E-state index >= 15 is 0 Å². The van der Waals surface area contributed by atoms with Crippen LogP contribution in [0.25, 0.3) is 11.3 Å².